The monoisotopic (exact) mass is 236 g/mol. The van der Waals surface area contributed by atoms with Crippen molar-refractivity contribution in [3.05, 3.63) is 12.2 Å². The van der Waals surface area contributed by atoms with Gasteiger partial charge in [-0.1, -0.05) is 25.0 Å². The zero-order valence-electron chi connectivity index (χ0n) is 10.5. The average Bonchev–Trinajstić information content (AvgIpc) is 2.76. The zero-order valence-corrected chi connectivity index (χ0v) is 10.5. The first kappa shape index (κ1) is 12.1. The van der Waals surface area contributed by atoms with Crippen LogP contribution in [-0.4, -0.2) is 34.8 Å². The highest BCUT2D eigenvalue weighted by atomic mass is 16.2. The minimum absolute atomic E-state index is 0.0176. The molecule has 17 heavy (non-hydrogen) atoms. The predicted molar refractivity (Wildman–Crippen MR) is 65.3 cm³/mol. The molecule has 2 rings (SSSR count). The van der Waals surface area contributed by atoms with Crippen LogP contribution in [0.2, 0.25) is 0 Å². The van der Waals surface area contributed by atoms with Crippen LogP contribution in [0.25, 0.3) is 0 Å². The number of carbonyl (C=O) groups is 2. The van der Waals surface area contributed by atoms with E-state index in [0.717, 1.165) is 25.7 Å². The first-order valence-electron chi connectivity index (χ1n) is 6.35. The highest BCUT2D eigenvalue weighted by Gasteiger charge is 2.50. The summed E-state index contributed by atoms with van der Waals surface area (Å²) in [6.45, 7) is 4.24. The van der Waals surface area contributed by atoms with Gasteiger partial charge in [-0.25, -0.2) is 0 Å². The van der Waals surface area contributed by atoms with Gasteiger partial charge in [0.1, 0.15) is 11.6 Å². The Bertz CT molecular complexity index is 356. The Kier molecular flexibility index (Phi) is 3.22. The minimum atomic E-state index is -0.592. The Morgan fingerprint density at radius 2 is 2.06 bits per heavy atom. The molecule has 2 fully saturated rings. The van der Waals surface area contributed by atoms with Crippen LogP contribution in [0.4, 0.5) is 0 Å². The van der Waals surface area contributed by atoms with Crippen LogP contribution in [0.1, 0.15) is 39.5 Å². The van der Waals surface area contributed by atoms with Crippen molar-refractivity contribution in [1.29, 1.82) is 0 Å². The zero-order chi connectivity index (χ0) is 12.5. The maximum absolute atomic E-state index is 12.5. The SMILES string of the molecule is C/C=C/CN1C(=O)C2(CCCC2)NC(=O)C1C. The second-order valence-corrected chi connectivity index (χ2v) is 4.98. The lowest BCUT2D eigenvalue weighted by Crippen LogP contribution is -2.68. The molecule has 2 amide bonds. The topological polar surface area (TPSA) is 49.4 Å². The van der Waals surface area contributed by atoms with E-state index in [2.05, 4.69) is 5.32 Å². The Balaban J connectivity index is 2.23. The molecule has 4 nitrogen and oxygen atoms in total. The van der Waals surface area contributed by atoms with E-state index in [-0.39, 0.29) is 17.9 Å². The highest BCUT2D eigenvalue weighted by molar-refractivity contribution is 5.99. The summed E-state index contributed by atoms with van der Waals surface area (Å²) in [4.78, 5) is 26.1. The Labute approximate surface area is 102 Å². The summed E-state index contributed by atoms with van der Waals surface area (Å²) in [5.74, 6) is 0.0798. The van der Waals surface area contributed by atoms with Crippen LogP contribution in [0, 0.1) is 0 Å². The van der Waals surface area contributed by atoms with Gasteiger partial charge >= 0.3 is 0 Å². The Hall–Kier alpha value is -1.32. The van der Waals surface area contributed by atoms with Gasteiger partial charge in [-0.2, -0.15) is 0 Å². The van der Waals surface area contributed by atoms with Crippen molar-refractivity contribution >= 4 is 11.8 Å². The second-order valence-electron chi connectivity index (χ2n) is 4.98. The summed E-state index contributed by atoms with van der Waals surface area (Å²) in [5.41, 5.74) is -0.592. The quantitative estimate of drug-likeness (QED) is 0.733. The summed E-state index contributed by atoms with van der Waals surface area (Å²) in [6, 6.07) is -0.357. The first-order valence-corrected chi connectivity index (χ1v) is 6.35. The largest absolute Gasteiger partial charge is 0.340 e. The molecular weight excluding hydrogens is 216 g/mol. The fourth-order valence-electron chi connectivity index (χ4n) is 2.76. The van der Waals surface area contributed by atoms with E-state index in [9.17, 15) is 9.59 Å². The number of hydrogen-bond donors (Lipinski definition) is 1. The molecule has 0 bridgehead atoms. The van der Waals surface area contributed by atoms with Crippen LogP contribution in [-0.2, 0) is 9.59 Å². The molecule has 1 spiro atoms. The van der Waals surface area contributed by atoms with Crippen molar-refractivity contribution in [1.82, 2.24) is 10.2 Å². The van der Waals surface area contributed by atoms with Gasteiger partial charge in [0, 0.05) is 6.54 Å². The molecule has 1 saturated heterocycles. The third-order valence-electron chi connectivity index (χ3n) is 3.87. The lowest BCUT2D eigenvalue weighted by Gasteiger charge is -2.43. The predicted octanol–water partition coefficient (Wildman–Crippen LogP) is 1.22. The summed E-state index contributed by atoms with van der Waals surface area (Å²) in [7, 11) is 0. The second kappa shape index (κ2) is 4.51. The fraction of sp³-hybridized carbons (Fsp3) is 0.692. The maximum atomic E-state index is 12.5. The molecule has 1 saturated carbocycles. The van der Waals surface area contributed by atoms with Gasteiger partial charge in [-0.3, -0.25) is 9.59 Å². The number of amides is 2. The molecule has 0 radical (unpaired) electrons. The number of nitrogens with zero attached hydrogens (tertiary/aromatic N) is 1. The van der Waals surface area contributed by atoms with Crippen molar-refractivity contribution in [3.8, 4) is 0 Å². The van der Waals surface area contributed by atoms with Gasteiger partial charge in [0.15, 0.2) is 0 Å². The van der Waals surface area contributed by atoms with Gasteiger partial charge in [0.05, 0.1) is 0 Å². The number of hydrogen-bond acceptors (Lipinski definition) is 2. The molecule has 0 aromatic heterocycles. The smallest absolute Gasteiger partial charge is 0.249 e. The fourth-order valence-corrected chi connectivity index (χ4v) is 2.76. The van der Waals surface area contributed by atoms with Gasteiger partial charge in [0.2, 0.25) is 11.8 Å². The maximum Gasteiger partial charge on any atom is 0.249 e. The number of carbonyl (C=O) groups excluding carboxylic acids is 2. The Morgan fingerprint density at radius 1 is 1.41 bits per heavy atom. The average molecular weight is 236 g/mol. The molecule has 1 aliphatic carbocycles. The molecule has 4 heteroatoms. The molecule has 1 N–H and O–H groups in total. The van der Waals surface area contributed by atoms with E-state index in [1.54, 1.807) is 11.8 Å². The van der Waals surface area contributed by atoms with Crippen molar-refractivity contribution in [2.24, 2.45) is 0 Å². The molecular formula is C13H20N2O2. The van der Waals surface area contributed by atoms with Gasteiger partial charge in [0.25, 0.3) is 0 Å². The van der Waals surface area contributed by atoms with Crippen molar-refractivity contribution < 1.29 is 9.59 Å². The van der Waals surface area contributed by atoms with Crippen LogP contribution in [0.3, 0.4) is 0 Å². The summed E-state index contributed by atoms with van der Waals surface area (Å²) in [5, 5.41) is 2.94. The van der Waals surface area contributed by atoms with Crippen molar-refractivity contribution in [3.63, 3.8) is 0 Å². The van der Waals surface area contributed by atoms with Crippen molar-refractivity contribution in [2.75, 3.05) is 6.54 Å². The molecule has 1 unspecified atom stereocenters. The summed E-state index contributed by atoms with van der Waals surface area (Å²) < 4.78 is 0. The third-order valence-corrected chi connectivity index (χ3v) is 3.87. The van der Waals surface area contributed by atoms with Crippen LogP contribution < -0.4 is 5.32 Å². The lowest BCUT2D eigenvalue weighted by molar-refractivity contribution is -0.153. The van der Waals surface area contributed by atoms with Gasteiger partial charge < -0.3 is 10.2 Å². The third kappa shape index (κ3) is 1.96. The molecule has 0 aromatic carbocycles. The number of rotatable bonds is 2. The van der Waals surface area contributed by atoms with Gasteiger partial charge in [-0.05, 0) is 26.7 Å². The van der Waals surface area contributed by atoms with E-state index in [1.165, 1.54) is 0 Å². The molecule has 94 valence electrons. The first-order chi connectivity index (χ1) is 8.10. The normalized spacial score (nSPS) is 28.1. The lowest BCUT2D eigenvalue weighted by atomic mass is 9.91. The van der Waals surface area contributed by atoms with Gasteiger partial charge in [-0.15, -0.1) is 0 Å². The number of nitrogens with one attached hydrogen (secondary N) is 1. The van der Waals surface area contributed by atoms with E-state index >= 15 is 0 Å². The van der Waals surface area contributed by atoms with E-state index in [4.69, 9.17) is 0 Å². The molecule has 2 aliphatic rings. The number of allylic oxidation sites excluding steroid dienone is 1. The van der Waals surface area contributed by atoms with E-state index in [1.807, 2.05) is 19.1 Å². The van der Waals surface area contributed by atoms with E-state index < -0.39 is 5.54 Å². The highest BCUT2D eigenvalue weighted by Crippen LogP contribution is 2.34. The molecule has 1 atom stereocenters. The van der Waals surface area contributed by atoms with Crippen LogP contribution >= 0.6 is 0 Å². The molecule has 0 aromatic rings. The Morgan fingerprint density at radius 3 is 2.65 bits per heavy atom. The standard InChI is InChI=1S/C13H20N2O2/c1-3-4-9-15-10(2)11(16)14-13(12(15)17)7-5-6-8-13/h3-4,10H,5-9H2,1-2H3,(H,14,16)/b4-3+. The summed E-state index contributed by atoms with van der Waals surface area (Å²) >= 11 is 0. The van der Waals surface area contributed by atoms with Crippen molar-refractivity contribution in [2.45, 2.75) is 51.1 Å². The minimum Gasteiger partial charge on any atom is -0.340 e. The molecule has 1 heterocycles. The van der Waals surface area contributed by atoms with Crippen LogP contribution in [0.15, 0.2) is 12.2 Å². The summed E-state index contributed by atoms with van der Waals surface area (Å²) in [6.07, 6.45) is 7.46. The molecule has 1 aliphatic heterocycles. The van der Waals surface area contributed by atoms with E-state index in [0.29, 0.717) is 6.54 Å². The van der Waals surface area contributed by atoms with Crippen LogP contribution in [0.5, 0.6) is 0 Å². The number of piperazine rings is 1.